The van der Waals surface area contributed by atoms with Crippen LogP contribution < -0.4 is 0 Å². The second-order valence-corrected chi connectivity index (χ2v) is 9.26. The first kappa shape index (κ1) is 21.8. The fourth-order valence-corrected chi connectivity index (χ4v) is 4.82. The average Bonchev–Trinajstić information content (AvgIpc) is 3.30. The van der Waals surface area contributed by atoms with Gasteiger partial charge in [0.25, 0.3) is 11.5 Å². The first-order valence-corrected chi connectivity index (χ1v) is 11.3. The number of halogens is 3. The Morgan fingerprint density at radius 3 is 2.58 bits per heavy atom. The normalized spacial score (nSPS) is 23.3. The van der Waals surface area contributed by atoms with Crippen LogP contribution in [0.25, 0.3) is 11.0 Å². The summed E-state index contributed by atoms with van der Waals surface area (Å²) in [5, 5.41) is 0.500. The zero-order valence-corrected chi connectivity index (χ0v) is 18.4. The van der Waals surface area contributed by atoms with Crippen LogP contribution >= 0.6 is 11.6 Å². The number of ether oxygens (including phenoxy) is 1. The second-order valence-electron chi connectivity index (χ2n) is 8.82. The van der Waals surface area contributed by atoms with E-state index in [0.29, 0.717) is 16.1 Å². The maximum atomic E-state index is 13.7. The number of aromatic amines is 1. The van der Waals surface area contributed by atoms with Crippen molar-refractivity contribution < 1.29 is 23.1 Å². The molecular formula is C24H22ClF2N3O3. The third-order valence-corrected chi connectivity index (χ3v) is 6.71. The quantitative estimate of drug-likeness (QED) is 0.534. The monoisotopic (exact) mass is 473 g/mol. The summed E-state index contributed by atoms with van der Waals surface area (Å²) in [4.78, 5) is 35.3. The minimum atomic E-state index is -2.68. The van der Waals surface area contributed by atoms with E-state index in [2.05, 4.69) is 9.97 Å². The molecule has 1 atom stereocenters. The van der Waals surface area contributed by atoms with E-state index in [1.807, 2.05) is 30.3 Å². The van der Waals surface area contributed by atoms with Gasteiger partial charge >= 0.3 is 6.09 Å². The lowest BCUT2D eigenvalue weighted by atomic mass is 9.86. The van der Waals surface area contributed by atoms with Gasteiger partial charge in [-0.25, -0.2) is 23.5 Å². The van der Waals surface area contributed by atoms with Crippen molar-refractivity contribution in [2.45, 2.75) is 43.6 Å². The Kier molecular flexibility index (Phi) is 5.35. The van der Waals surface area contributed by atoms with E-state index in [1.165, 1.54) is 0 Å². The molecule has 3 aromatic rings. The first-order chi connectivity index (χ1) is 15.8. The number of carbonyl (C=O) groups excluding carboxylic acids is 2. The molecule has 33 heavy (non-hydrogen) atoms. The van der Waals surface area contributed by atoms with Crippen molar-refractivity contribution in [1.29, 1.82) is 0 Å². The van der Waals surface area contributed by atoms with Crippen LogP contribution in [-0.4, -0.2) is 39.3 Å². The highest BCUT2D eigenvalue weighted by Gasteiger charge is 2.57. The Balaban J connectivity index is 1.50. The van der Waals surface area contributed by atoms with Gasteiger partial charge in [0.1, 0.15) is 0 Å². The van der Waals surface area contributed by atoms with Crippen LogP contribution in [0.2, 0.25) is 5.02 Å². The van der Waals surface area contributed by atoms with Crippen LogP contribution in [0.15, 0.2) is 48.5 Å². The van der Waals surface area contributed by atoms with Crippen molar-refractivity contribution in [3.8, 4) is 0 Å². The number of hydrogen-bond acceptors (Lipinski definition) is 4. The summed E-state index contributed by atoms with van der Waals surface area (Å²) in [5.74, 6) is -3.21. The lowest BCUT2D eigenvalue weighted by molar-refractivity contribution is -0.138. The number of carbonyl (C=O) groups is 2. The number of fused-ring (bicyclic) bond motifs is 1. The van der Waals surface area contributed by atoms with Crippen LogP contribution in [-0.2, 0) is 21.6 Å². The molecule has 2 aliphatic rings. The Morgan fingerprint density at radius 1 is 1.12 bits per heavy atom. The largest absolute Gasteiger partial charge is 0.424 e. The fourth-order valence-electron chi connectivity index (χ4n) is 4.65. The van der Waals surface area contributed by atoms with Crippen molar-refractivity contribution >= 4 is 34.6 Å². The van der Waals surface area contributed by atoms with Gasteiger partial charge in [-0.1, -0.05) is 41.9 Å². The summed E-state index contributed by atoms with van der Waals surface area (Å²) >= 11 is 6.09. The Hall–Kier alpha value is -3.00. The van der Waals surface area contributed by atoms with Crippen molar-refractivity contribution in [1.82, 2.24) is 14.9 Å². The van der Waals surface area contributed by atoms with Crippen LogP contribution in [0.4, 0.5) is 13.6 Å². The molecule has 0 radical (unpaired) electrons. The molecule has 0 spiro atoms. The van der Waals surface area contributed by atoms with Crippen LogP contribution in [0.5, 0.6) is 0 Å². The second kappa shape index (κ2) is 8.09. The molecule has 2 aromatic carbocycles. The molecule has 1 N–H and O–H groups in total. The number of imidazole rings is 1. The molecule has 0 bridgehead atoms. The number of H-pyrrole nitrogens is 1. The summed E-state index contributed by atoms with van der Waals surface area (Å²) in [6, 6.07) is 14.3. The molecule has 1 aliphatic heterocycles. The van der Waals surface area contributed by atoms with Crippen molar-refractivity contribution in [2.75, 3.05) is 6.54 Å². The summed E-state index contributed by atoms with van der Waals surface area (Å²) in [6.45, 7) is 0.0519. The number of aromatic nitrogens is 2. The van der Waals surface area contributed by atoms with E-state index in [-0.39, 0.29) is 50.4 Å². The Morgan fingerprint density at radius 2 is 1.85 bits per heavy atom. The lowest BCUT2D eigenvalue weighted by Crippen LogP contribution is -2.43. The van der Waals surface area contributed by atoms with Gasteiger partial charge in [0, 0.05) is 30.8 Å². The van der Waals surface area contributed by atoms with Gasteiger partial charge in [-0.2, -0.15) is 0 Å². The molecule has 1 saturated heterocycles. The third-order valence-electron chi connectivity index (χ3n) is 6.47. The van der Waals surface area contributed by atoms with Crippen LogP contribution in [0, 0.1) is 5.92 Å². The van der Waals surface area contributed by atoms with Crippen molar-refractivity contribution in [3.63, 3.8) is 0 Å². The predicted octanol–water partition coefficient (Wildman–Crippen LogP) is 5.46. The molecule has 6 nitrogen and oxygen atoms in total. The molecule has 1 aliphatic carbocycles. The smallest absolute Gasteiger partial charge is 0.418 e. The number of nitrogens with zero attached hydrogens (tertiary/aromatic N) is 2. The zero-order chi connectivity index (χ0) is 23.2. The lowest BCUT2D eigenvalue weighted by Gasteiger charge is -2.30. The van der Waals surface area contributed by atoms with Gasteiger partial charge < -0.3 is 9.72 Å². The molecule has 9 heteroatoms. The topological polar surface area (TPSA) is 75.3 Å². The zero-order valence-electron chi connectivity index (χ0n) is 17.7. The Labute approximate surface area is 193 Å². The van der Waals surface area contributed by atoms with E-state index in [0.717, 1.165) is 10.5 Å². The summed E-state index contributed by atoms with van der Waals surface area (Å²) < 4.78 is 32.9. The molecular weight excluding hydrogens is 452 g/mol. The SMILES string of the molecule is O=C1O[C@](Cc2ccccc2)(c2nc3ccc(Cl)cc3[nH]2)C(=O)N1CC1CCC(F)(F)CC1. The van der Waals surface area contributed by atoms with Crippen LogP contribution in [0.1, 0.15) is 37.1 Å². The van der Waals surface area contributed by atoms with Gasteiger partial charge in [-0.05, 0) is 42.5 Å². The number of benzene rings is 2. The van der Waals surface area contributed by atoms with E-state index < -0.39 is 23.5 Å². The number of imide groups is 1. The van der Waals surface area contributed by atoms with E-state index in [4.69, 9.17) is 16.3 Å². The number of nitrogens with one attached hydrogen (secondary N) is 1. The number of amides is 2. The number of cyclic esters (lactones) is 1. The van der Waals surface area contributed by atoms with Gasteiger partial charge in [0.15, 0.2) is 5.82 Å². The highest BCUT2D eigenvalue weighted by Crippen LogP contribution is 2.41. The summed E-state index contributed by atoms with van der Waals surface area (Å²) in [5.41, 5.74) is 0.305. The maximum Gasteiger partial charge on any atom is 0.418 e. The molecule has 1 saturated carbocycles. The van der Waals surface area contributed by atoms with E-state index in [9.17, 15) is 18.4 Å². The Bertz CT molecular complexity index is 1210. The van der Waals surface area contributed by atoms with E-state index >= 15 is 0 Å². The molecule has 5 rings (SSSR count). The predicted molar refractivity (Wildman–Crippen MR) is 118 cm³/mol. The van der Waals surface area contributed by atoms with Gasteiger partial charge in [0.2, 0.25) is 5.92 Å². The molecule has 2 amide bonds. The molecule has 1 aromatic heterocycles. The number of rotatable bonds is 5. The third kappa shape index (κ3) is 4.08. The first-order valence-electron chi connectivity index (χ1n) is 10.9. The van der Waals surface area contributed by atoms with Crippen molar-refractivity contribution in [2.24, 2.45) is 5.92 Å². The molecule has 172 valence electrons. The minimum absolute atomic E-state index is 0.0519. The average molecular weight is 474 g/mol. The van der Waals surface area contributed by atoms with Gasteiger partial charge in [0.05, 0.1) is 11.0 Å². The van der Waals surface area contributed by atoms with Crippen LogP contribution in [0.3, 0.4) is 0 Å². The van der Waals surface area contributed by atoms with Crippen molar-refractivity contribution in [3.05, 3.63) is 64.9 Å². The molecule has 0 unspecified atom stereocenters. The summed E-state index contributed by atoms with van der Waals surface area (Å²) in [7, 11) is 0. The highest BCUT2D eigenvalue weighted by molar-refractivity contribution is 6.31. The van der Waals surface area contributed by atoms with Gasteiger partial charge in [-0.3, -0.25) is 4.79 Å². The minimum Gasteiger partial charge on any atom is -0.424 e. The number of hydrogen-bond donors (Lipinski definition) is 1. The standard InChI is InChI=1S/C24H22ClF2N3O3/c25-17-6-7-18-19(12-17)29-20(28-18)24(13-15-4-2-1-3-5-15)21(31)30(22(32)33-24)14-16-8-10-23(26,27)11-9-16/h1-7,12,16H,8-11,13-14H2,(H,28,29)/t24-/m1/s1. The maximum absolute atomic E-state index is 13.7. The van der Waals surface area contributed by atoms with E-state index in [1.54, 1.807) is 18.2 Å². The van der Waals surface area contributed by atoms with Gasteiger partial charge in [-0.15, -0.1) is 0 Å². The summed E-state index contributed by atoms with van der Waals surface area (Å²) in [6.07, 6.45) is -0.683. The molecule has 2 fully saturated rings. The highest BCUT2D eigenvalue weighted by atomic mass is 35.5. The molecule has 2 heterocycles. The number of alkyl halides is 2. The fraction of sp³-hybridized carbons (Fsp3) is 0.375.